The highest BCUT2D eigenvalue weighted by Crippen LogP contribution is 2.29. The summed E-state index contributed by atoms with van der Waals surface area (Å²) < 4.78 is 5.25. The Balaban J connectivity index is 2.72. The molecule has 0 bridgehead atoms. The molecule has 1 amide bonds. The quantitative estimate of drug-likeness (QED) is 0.440. The summed E-state index contributed by atoms with van der Waals surface area (Å²) in [5.41, 5.74) is 0.0609. The van der Waals surface area contributed by atoms with Crippen molar-refractivity contribution in [3.63, 3.8) is 0 Å². The fourth-order valence-electron chi connectivity index (χ4n) is 1.56. The monoisotopic (exact) mass is 293 g/mol. The minimum absolute atomic E-state index is 0.170. The van der Waals surface area contributed by atoms with Crippen molar-refractivity contribution >= 4 is 11.6 Å². The van der Waals surface area contributed by atoms with Crippen molar-refractivity contribution in [2.75, 3.05) is 13.2 Å². The number of aliphatic hydroxyl groups is 1. The topological polar surface area (TPSA) is 125 Å². The van der Waals surface area contributed by atoms with Crippen LogP contribution in [0.4, 0.5) is 5.69 Å². The molecule has 0 heterocycles. The number of aliphatic hydroxyl groups excluding tert-OH is 1. The zero-order valence-electron chi connectivity index (χ0n) is 11.4. The van der Waals surface area contributed by atoms with Crippen molar-refractivity contribution in [3.8, 4) is 11.8 Å². The number of hydrogen-bond donors (Lipinski definition) is 2. The summed E-state index contributed by atoms with van der Waals surface area (Å²) in [6, 6.07) is 5.65. The Morgan fingerprint density at radius 1 is 1.62 bits per heavy atom. The predicted molar refractivity (Wildman–Crippen MR) is 72.5 cm³/mol. The first-order valence-electron chi connectivity index (χ1n) is 6.18. The van der Waals surface area contributed by atoms with Crippen LogP contribution in [-0.2, 0) is 4.79 Å². The molecule has 21 heavy (non-hydrogen) atoms. The van der Waals surface area contributed by atoms with Crippen molar-refractivity contribution in [3.05, 3.63) is 33.9 Å². The van der Waals surface area contributed by atoms with Crippen LogP contribution in [0.25, 0.3) is 0 Å². The van der Waals surface area contributed by atoms with Gasteiger partial charge >= 0.3 is 0 Å². The lowest BCUT2D eigenvalue weighted by Gasteiger charge is -2.13. The molecule has 2 N–H and O–H groups in total. The highest BCUT2D eigenvalue weighted by atomic mass is 16.6. The molecule has 8 heteroatoms. The molecule has 0 saturated carbocycles. The molecule has 1 rings (SSSR count). The SMILES string of the molecule is C[C@@H](O)c1cc([N+](=O)[O-])ccc1OCC(=O)NCCC#N. The largest absolute Gasteiger partial charge is 0.483 e. The van der Waals surface area contributed by atoms with Crippen LogP contribution in [0.3, 0.4) is 0 Å². The van der Waals surface area contributed by atoms with Gasteiger partial charge in [-0.3, -0.25) is 14.9 Å². The molecule has 0 aliphatic carbocycles. The molecule has 112 valence electrons. The summed E-state index contributed by atoms with van der Waals surface area (Å²) >= 11 is 0. The number of carbonyl (C=O) groups is 1. The normalized spacial score (nSPS) is 11.3. The van der Waals surface area contributed by atoms with E-state index in [1.807, 2.05) is 6.07 Å². The summed E-state index contributed by atoms with van der Waals surface area (Å²) in [4.78, 5) is 21.5. The second-order valence-electron chi connectivity index (χ2n) is 4.20. The van der Waals surface area contributed by atoms with Crippen LogP contribution in [0.5, 0.6) is 5.75 Å². The molecule has 0 unspecified atom stereocenters. The molecule has 0 fully saturated rings. The number of carbonyl (C=O) groups excluding carboxylic acids is 1. The molecule has 1 atom stereocenters. The third kappa shape index (κ3) is 5.08. The number of nitro benzene ring substituents is 1. The molecule has 0 aliphatic rings. The summed E-state index contributed by atoms with van der Waals surface area (Å²) in [5.74, 6) is -0.217. The number of ether oxygens (including phenoxy) is 1. The summed E-state index contributed by atoms with van der Waals surface area (Å²) in [7, 11) is 0. The average Bonchev–Trinajstić information content (AvgIpc) is 2.45. The third-order valence-corrected chi connectivity index (χ3v) is 2.57. The van der Waals surface area contributed by atoms with E-state index in [0.29, 0.717) is 0 Å². The molecule has 8 nitrogen and oxygen atoms in total. The van der Waals surface area contributed by atoms with E-state index in [-0.39, 0.29) is 36.6 Å². The van der Waals surface area contributed by atoms with Gasteiger partial charge in [-0.25, -0.2) is 0 Å². The lowest BCUT2D eigenvalue weighted by Crippen LogP contribution is -2.29. The van der Waals surface area contributed by atoms with Gasteiger partial charge in [0.05, 0.1) is 23.5 Å². The van der Waals surface area contributed by atoms with Gasteiger partial charge in [-0.15, -0.1) is 0 Å². The van der Waals surface area contributed by atoms with Gasteiger partial charge in [-0.1, -0.05) is 0 Å². The Kier molecular flexibility index (Phi) is 6.10. The van der Waals surface area contributed by atoms with Gasteiger partial charge in [-0.2, -0.15) is 5.26 Å². The maximum atomic E-state index is 11.4. The van der Waals surface area contributed by atoms with Crippen molar-refractivity contribution in [2.24, 2.45) is 0 Å². The maximum absolute atomic E-state index is 11.4. The number of benzene rings is 1. The summed E-state index contributed by atoms with van der Waals surface area (Å²) in [6.07, 6.45) is -0.774. The molecule has 0 radical (unpaired) electrons. The van der Waals surface area contributed by atoms with Gasteiger partial charge in [0, 0.05) is 24.2 Å². The first-order valence-corrected chi connectivity index (χ1v) is 6.18. The molecule has 1 aromatic carbocycles. The van der Waals surface area contributed by atoms with Crippen molar-refractivity contribution in [2.45, 2.75) is 19.4 Å². The van der Waals surface area contributed by atoms with E-state index in [1.165, 1.54) is 25.1 Å². The van der Waals surface area contributed by atoms with Crippen LogP contribution < -0.4 is 10.1 Å². The highest BCUT2D eigenvalue weighted by Gasteiger charge is 2.16. The molecular weight excluding hydrogens is 278 g/mol. The Bertz CT molecular complexity index is 565. The summed E-state index contributed by atoms with van der Waals surface area (Å²) in [6.45, 7) is 1.37. The van der Waals surface area contributed by atoms with Gasteiger partial charge in [0.15, 0.2) is 6.61 Å². The van der Waals surface area contributed by atoms with E-state index in [2.05, 4.69) is 5.32 Å². The van der Waals surface area contributed by atoms with Crippen LogP contribution in [0.2, 0.25) is 0 Å². The van der Waals surface area contributed by atoms with Gasteiger partial charge in [0.2, 0.25) is 0 Å². The predicted octanol–water partition coefficient (Wildman–Crippen LogP) is 1.06. The number of nitriles is 1. The van der Waals surface area contributed by atoms with Crippen LogP contribution in [-0.4, -0.2) is 29.1 Å². The Labute approximate surface area is 121 Å². The first-order chi connectivity index (χ1) is 9.95. The Morgan fingerprint density at radius 3 is 2.90 bits per heavy atom. The fourth-order valence-corrected chi connectivity index (χ4v) is 1.56. The molecule has 0 spiro atoms. The lowest BCUT2D eigenvalue weighted by molar-refractivity contribution is -0.385. The number of nitrogens with one attached hydrogen (secondary N) is 1. The van der Waals surface area contributed by atoms with Crippen LogP contribution in [0.1, 0.15) is 25.0 Å². The Morgan fingerprint density at radius 2 is 2.33 bits per heavy atom. The van der Waals surface area contributed by atoms with Gasteiger partial charge in [0.25, 0.3) is 11.6 Å². The number of nitrogens with zero attached hydrogens (tertiary/aromatic N) is 2. The standard InChI is InChI=1S/C13H15N3O5/c1-9(17)11-7-10(16(19)20)3-4-12(11)21-8-13(18)15-6-2-5-14/h3-4,7,9,17H,2,6,8H2,1H3,(H,15,18)/t9-/m1/s1. The zero-order valence-corrected chi connectivity index (χ0v) is 11.4. The number of non-ortho nitro benzene ring substituents is 1. The summed E-state index contributed by atoms with van der Waals surface area (Å²) in [5, 5.41) is 31.1. The van der Waals surface area contributed by atoms with E-state index >= 15 is 0 Å². The smallest absolute Gasteiger partial charge is 0.270 e. The number of rotatable bonds is 7. The van der Waals surface area contributed by atoms with Gasteiger partial charge < -0.3 is 15.2 Å². The van der Waals surface area contributed by atoms with Crippen LogP contribution in [0, 0.1) is 21.4 Å². The second-order valence-corrected chi connectivity index (χ2v) is 4.20. The number of amides is 1. The molecule has 0 saturated heterocycles. The highest BCUT2D eigenvalue weighted by molar-refractivity contribution is 5.77. The second kappa shape index (κ2) is 7.81. The minimum Gasteiger partial charge on any atom is -0.483 e. The number of hydrogen-bond acceptors (Lipinski definition) is 6. The van der Waals surface area contributed by atoms with Crippen molar-refractivity contribution < 1.29 is 19.6 Å². The van der Waals surface area contributed by atoms with E-state index in [1.54, 1.807) is 0 Å². The number of nitro groups is 1. The van der Waals surface area contributed by atoms with Crippen molar-refractivity contribution in [1.82, 2.24) is 5.32 Å². The van der Waals surface area contributed by atoms with E-state index in [9.17, 15) is 20.0 Å². The zero-order chi connectivity index (χ0) is 15.8. The molecule has 0 aliphatic heterocycles. The fraction of sp³-hybridized carbons (Fsp3) is 0.385. The van der Waals surface area contributed by atoms with Crippen LogP contribution in [0.15, 0.2) is 18.2 Å². The van der Waals surface area contributed by atoms with E-state index in [4.69, 9.17) is 10.00 Å². The maximum Gasteiger partial charge on any atom is 0.270 e. The lowest BCUT2D eigenvalue weighted by atomic mass is 10.1. The first kappa shape index (κ1) is 16.4. The Hall–Kier alpha value is -2.66. The average molecular weight is 293 g/mol. The minimum atomic E-state index is -0.971. The van der Waals surface area contributed by atoms with E-state index in [0.717, 1.165) is 0 Å². The van der Waals surface area contributed by atoms with E-state index < -0.39 is 16.9 Å². The molecule has 1 aromatic rings. The molecular formula is C13H15N3O5. The van der Waals surface area contributed by atoms with Gasteiger partial charge in [-0.05, 0) is 13.0 Å². The molecule has 0 aromatic heterocycles. The third-order valence-electron chi connectivity index (χ3n) is 2.57. The van der Waals surface area contributed by atoms with Crippen LogP contribution >= 0.6 is 0 Å². The van der Waals surface area contributed by atoms with Crippen molar-refractivity contribution in [1.29, 1.82) is 5.26 Å². The van der Waals surface area contributed by atoms with Gasteiger partial charge in [0.1, 0.15) is 5.75 Å².